The number of carbonyl (C=O) groups excluding carboxylic acids is 1. The number of thiophene rings is 1. The second-order valence-electron chi connectivity index (χ2n) is 9.39. The van der Waals surface area contributed by atoms with Crippen LogP contribution in [0.1, 0.15) is 20.9 Å². The van der Waals surface area contributed by atoms with E-state index in [0.29, 0.717) is 16.9 Å². The summed E-state index contributed by atoms with van der Waals surface area (Å²) in [5.74, 6) is -0.645. The second-order valence-corrected chi connectivity index (χ2v) is 10.4. The highest BCUT2D eigenvalue weighted by Gasteiger charge is 2.24. The number of amides is 1. The highest BCUT2D eigenvalue weighted by atomic mass is 32.1. The Morgan fingerprint density at radius 1 is 1.16 bits per heavy atom. The lowest BCUT2D eigenvalue weighted by molar-refractivity contribution is 0.100. The van der Waals surface area contributed by atoms with Gasteiger partial charge in [0.2, 0.25) is 0 Å². The van der Waals surface area contributed by atoms with Gasteiger partial charge in [0.25, 0.3) is 11.5 Å². The summed E-state index contributed by atoms with van der Waals surface area (Å²) in [4.78, 5) is 27.4. The molecule has 1 amide bonds. The van der Waals surface area contributed by atoms with E-state index in [1.54, 1.807) is 19.1 Å². The summed E-state index contributed by atoms with van der Waals surface area (Å²) >= 11 is 1.24. The van der Waals surface area contributed by atoms with Crippen molar-refractivity contribution >= 4 is 38.8 Å². The molecule has 0 fully saturated rings. The summed E-state index contributed by atoms with van der Waals surface area (Å²) in [6.45, 7) is 4.19. The van der Waals surface area contributed by atoms with E-state index in [-0.39, 0.29) is 27.4 Å². The lowest BCUT2D eigenvalue weighted by atomic mass is 9.93. The molecule has 4 heterocycles. The molecule has 6 rings (SSSR count). The molecule has 9 nitrogen and oxygen atoms in total. The van der Waals surface area contributed by atoms with Crippen LogP contribution >= 0.6 is 11.3 Å². The topological polar surface area (TPSA) is 122 Å². The first-order valence-electron chi connectivity index (χ1n) is 12.0. The number of primary amides is 1. The number of hydrogen-bond acceptors (Lipinski definition) is 7. The highest BCUT2D eigenvalue weighted by Crippen LogP contribution is 2.43. The minimum Gasteiger partial charge on any atom is -0.365 e. The van der Waals surface area contributed by atoms with Crippen molar-refractivity contribution in [2.45, 2.75) is 20.0 Å². The van der Waals surface area contributed by atoms with E-state index in [0.717, 1.165) is 35.4 Å². The average Bonchev–Trinajstić information content (AvgIpc) is 3.47. The van der Waals surface area contributed by atoms with Crippen LogP contribution in [0.3, 0.4) is 0 Å². The van der Waals surface area contributed by atoms with Crippen LogP contribution in [-0.4, -0.2) is 44.4 Å². The number of nitrogens with zero attached hydrogens (tertiary/aromatic N) is 4. The van der Waals surface area contributed by atoms with Crippen LogP contribution in [0.15, 0.2) is 53.3 Å². The fourth-order valence-electron chi connectivity index (χ4n) is 4.88. The summed E-state index contributed by atoms with van der Waals surface area (Å²) < 4.78 is 19.0. The van der Waals surface area contributed by atoms with Crippen LogP contribution in [-0.2, 0) is 13.1 Å². The van der Waals surface area contributed by atoms with E-state index in [2.05, 4.69) is 25.5 Å². The lowest BCUT2D eigenvalue weighted by Gasteiger charge is -2.22. The van der Waals surface area contributed by atoms with Crippen molar-refractivity contribution in [2.75, 3.05) is 18.9 Å². The third kappa shape index (κ3) is 4.05. The van der Waals surface area contributed by atoms with Gasteiger partial charge in [-0.05, 0) is 37.7 Å². The molecule has 2 aromatic carbocycles. The monoisotopic (exact) mass is 529 g/mol. The molecule has 0 spiro atoms. The van der Waals surface area contributed by atoms with Gasteiger partial charge in [0.1, 0.15) is 16.4 Å². The maximum absolute atomic E-state index is 16.3. The predicted molar refractivity (Wildman–Crippen MR) is 146 cm³/mol. The zero-order chi connectivity index (χ0) is 26.6. The zero-order valence-electron chi connectivity index (χ0n) is 20.7. The largest absolute Gasteiger partial charge is 0.365 e. The Labute approximate surface area is 220 Å². The number of nitrogens with one attached hydrogen (secondary N) is 2. The molecule has 0 bridgehead atoms. The molecule has 192 valence electrons. The number of anilines is 2. The number of fused-ring (bicyclic) bond motifs is 2. The SMILES string of the molecule is Cc1ccc(-c2cc(Nc3cc4n(n3)CCN(C)C4)c(=O)[nH]n2)c(F)c1-c1c(C(N)=O)sc2ccccc12. The minimum absolute atomic E-state index is 0.182. The van der Waals surface area contributed by atoms with Crippen molar-refractivity contribution in [1.82, 2.24) is 24.9 Å². The van der Waals surface area contributed by atoms with Crippen molar-refractivity contribution in [2.24, 2.45) is 5.73 Å². The Kier molecular flexibility index (Phi) is 5.81. The van der Waals surface area contributed by atoms with E-state index in [1.807, 2.05) is 42.1 Å². The Morgan fingerprint density at radius 2 is 1.97 bits per heavy atom. The molecule has 11 heteroatoms. The Hall–Kier alpha value is -4.35. The number of aryl methyl sites for hydroxylation is 1. The minimum atomic E-state index is -0.618. The maximum Gasteiger partial charge on any atom is 0.287 e. The van der Waals surface area contributed by atoms with Crippen molar-refractivity contribution < 1.29 is 9.18 Å². The van der Waals surface area contributed by atoms with Gasteiger partial charge in [-0.25, -0.2) is 9.49 Å². The Balaban J connectivity index is 1.44. The summed E-state index contributed by atoms with van der Waals surface area (Å²) in [5.41, 5.74) is 8.28. The van der Waals surface area contributed by atoms with Gasteiger partial charge in [-0.1, -0.05) is 24.3 Å². The normalized spacial score (nSPS) is 13.6. The second kappa shape index (κ2) is 9.19. The molecule has 0 radical (unpaired) electrons. The highest BCUT2D eigenvalue weighted by molar-refractivity contribution is 7.21. The van der Waals surface area contributed by atoms with Crippen molar-refractivity contribution in [3.63, 3.8) is 0 Å². The standard InChI is InChI=1S/C27H24FN7O2S/c1-14-7-8-16(24(28)22(14)23-17-5-3-4-6-20(17)38-25(23)26(29)36)18-12-19(27(37)32-31-18)30-21-11-15-13-34(2)9-10-35(15)33-21/h3-8,11-12H,9-10,13H2,1-2H3,(H2,29,36)(H,32,37)(H,30,31,33). The molecule has 0 saturated carbocycles. The molecule has 3 aromatic heterocycles. The summed E-state index contributed by atoms with van der Waals surface area (Å²) in [5, 5.41) is 14.9. The first kappa shape index (κ1) is 24.0. The quantitative estimate of drug-likeness (QED) is 0.313. The van der Waals surface area contributed by atoms with Crippen LogP contribution in [0.2, 0.25) is 0 Å². The van der Waals surface area contributed by atoms with Gasteiger partial charge < -0.3 is 11.1 Å². The van der Waals surface area contributed by atoms with Crippen molar-refractivity contribution in [1.29, 1.82) is 0 Å². The molecule has 1 aliphatic rings. The Morgan fingerprint density at radius 3 is 2.79 bits per heavy atom. The smallest absolute Gasteiger partial charge is 0.287 e. The third-order valence-corrected chi connectivity index (χ3v) is 7.94. The predicted octanol–water partition coefficient (Wildman–Crippen LogP) is 4.25. The first-order chi connectivity index (χ1) is 18.3. The van der Waals surface area contributed by atoms with Gasteiger partial charge in [0.15, 0.2) is 5.82 Å². The number of likely N-dealkylation sites (N-methyl/N-ethyl adjacent to an activating group) is 1. The maximum atomic E-state index is 16.3. The van der Waals surface area contributed by atoms with E-state index in [1.165, 1.54) is 17.4 Å². The fraction of sp³-hybridized carbons (Fsp3) is 0.185. The van der Waals surface area contributed by atoms with Gasteiger partial charge in [0, 0.05) is 45.9 Å². The van der Waals surface area contributed by atoms with Crippen LogP contribution < -0.4 is 16.6 Å². The van der Waals surface area contributed by atoms with Crippen LogP contribution in [0.5, 0.6) is 0 Å². The molecule has 1 aliphatic heterocycles. The average molecular weight is 530 g/mol. The molecule has 4 N–H and O–H groups in total. The molecule has 0 atom stereocenters. The van der Waals surface area contributed by atoms with Gasteiger partial charge >= 0.3 is 0 Å². The number of carbonyl (C=O) groups is 1. The summed E-state index contributed by atoms with van der Waals surface area (Å²) in [6, 6.07) is 14.2. The molecular weight excluding hydrogens is 505 g/mol. The number of rotatable bonds is 5. The number of aromatic amines is 1. The van der Waals surface area contributed by atoms with Crippen molar-refractivity contribution in [3.8, 4) is 22.4 Å². The van der Waals surface area contributed by atoms with E-state index in [4.69, 9.17) is 5.73 Å². The van der Waals surface area contributed by atoms with E-state index in [9.17, 15) is 9.59 Å². The van der Waals surface area contributed by atoms with Crippen LogP contribution in [0, 0.1) is 12.7 Å². The van der Waals surface area contributed by atoms with Crippen LogP contribution in [0.4, 0.5) is 15.9 Å². The zero-order valence-corrected chi connectivity index (χ0v) is 21.5. The summed E-state index contributed by atoms with van der Waals surface area (Å²) in [6.07, 6.45) is 0. The van der Waals surface area contributed by atoms with Crippen molar-refractivity contribution in [3.05, 3.63) is 80.8 Å². The first-order valence-corrected chi connectivity index (χ1v) is 12.8. The van der Waals surface area contributed by atoms with Gasteiger partial charge in [0.05, 0.1) is 17.9 Å². The molecule has 38 heavy (non-hydrogen) atoms. The van der Waals surface area contributed by atoms with E-state index >= 15 is 4.39 Å². The summed E-state index contributed by atoms with van der Waals surface area (Å²) in [7, 11) is 2.04. The van der Waals surface area contributed by atoms with Gasteiger partial charge in [-0.2, -0.15) is 10.2 Å². The third-order valence-electron chi connectivity index (χ3n) is 6.75. The number of halogens is 1. The number of hydrogen-bond donors (Lipinski definition) is 3. The lowest BCUT2D eigenvalue weighted by Crippen LogP contribution is -2.30. The number of H-pyrrole nitrogens is 1. The number of benzene rings is 2. The molecular formula is C27H24FN7O2S. The van der Waals surface area contributed by atoms with Crippen LogP contribution in [0.25, 0.3) is 32.5 Å². The molecule has 0 aliphatic carbocycles. The fourth-order valence-corrected chi connectivity index (χ4v) is 5.94. The number of aromatic nitrogens is 4. The number of nitrogens with two attached hydrogens (primary N) is 1. The van der Waals surface area contributed by atoms with Gasteiger partial charge in [-0.15, -0.1) is 11.3 Å². The Bertz CT molecular complexity index is 1790. The molecule has 5 aromatic rings. The molecule has 0 saturated heterocycles. The van der Waals surface area contributed by atoms with E-state index < -0.39 is 17.3 Å². The molecule has 0 unspecified atom stereocenters. The van der Waals surface area contributed by atoms with Gasteiger partial charge in [-0.3, -0.25) is 19.2 Å².